The molecule has 0 amide bonds. The summed E-state index contributed by atoms with van der Waals surface area (Å²) in [6, 6.07) is 19.6. The predicted molar refractivity (Wildman–Crippen MR) is 135 cm³/mol. The lowest BCUT2D eigenvalue weighted by atomic mass is 9.84. The van der Waals surface area contributed by atoms with E-state index >= 15 is 0 Å². The van der Waals surface area contributed by atoms with Crippen LogP contribution in [0, 0.1) is 0 Å². The van der Waals surface area contributed by atoms with Gasteiger partial charge in [-0.3, -0.25) is 0 Å². The highest BCUT2D eigenvalue weighted by Gasteiger charge is 2.36. The van der Waals surface area contributed by atoms with E-state index in [0.29, 0.717) is 15.0 Å². The van der Waals surface area contributed by atoms with E-state index in [9.17, 15) is 0 Å². The molecule has 0 bridgehead atoms. The van der Waals surface area contributed by atoms with Gasteiger partial charge in [-0.05, 0) is 69.6 Å². The Bertz CT molecular complexity index is 1690. The molecule has 0 fully saturated rings. The van der Waals surface area contributed by atoms with Crippen LogP contribution in [0.4, 0.5) is 0 Å². The molecule has 0 radical (unpaired) electrons. The Morgan fingerprint density at radius 1 is 1.03 bits per heavy atom. The SMILES string of the molecule is Cn1cncc1C(N)(c1ccc2c(c1)c(-c1cccc(Cl)c1)cc1nnnn12)c1ccc(Cl)s1. The number of aryl methyl sites for hydroxylation is 1. The van der Waals surface area contributed by atoms with E-state index in [1.54, 1.807) is 17.0 Å². The van der Waals surface area contributed by atoms with Gasteiger partial charge in [-0.1, -0.05) is 41.4 Å². The van der Waals surface area contributed by atoms with Gasteiger partial charge in [-0.2, -0.15) is 4.52 Å². The van der Waals surface area contributed by atoms with Crippen molar-refractivity contribution in [2.24, 2.45) is 12.8 Å². The van der Waals surface area contributed by atoms with Crippen molar-refractivity contribution >= 4 is 51.1 Å². The van der Waals surface area contributed by atoms with Crippen molar-refractivity contribution in [1.82, 2.24) is 29.6 Å². The summed E-state index contributed by atoms with van der Waals surface area (Å²) in [5.74, 6) is 0. The number of benzene rings is 2. The summed E-state index contributed by atoms with van der Waals surface area (Å²) >= 11 is 14.1. The molecule has 1 unspecified atom stereocenters. The van der Waals surface area contributed by atoms with Crippen LogP contribution in [-0.2, 0) is 12.6 Å². The van der Waals surface area contributed by atoms with Crippen LogP contribution in [0.2, 0.25) is 9.36 Å². The highest BCUT2D eigenvalue weighted by Crippen LogP contribution is 2.41. The van der Waals surface area contributed by atoms with Crippen molar-refractivity contribution in [2.75, 3.05) is 0 Å². The first-order chi connectivity index (χ1) is 16.4. The van der Waals surface area contributed by atoms with Crippen molar-refractivity contribution < 1.29 is 0 Å². The first kappa shape index (κ1) is 21.2. The molecule has 0 aliphatic heterocycles. The van der Waals surface area contributed by atoms with Gasteiger partial charge in [0.05, 0.1) is 28.1 Å². The maximum atomic E-state index is 7.24. The Kier molecular flexibility index (Phi) is 4.93. The summed E-state index contributed by atoms with van der Waals surface area (Å²) in [5.41, 5.74) is 11.4. The summed E-state index contributed by atoms with van der Waals surface area (Å²) in [4.78, 5) is 5.24. The van der Waals surface area contributed by atoms with Gasteiger partial charge in [0, 0.05) is 22.3 Å². The molecule has 1 atom stereocenters. The van der Waals surface area contributed by atoms with Gasteiger partial charge >= 0.3 is 0 Å². The molecule has 10 heteroatoms. The van der Waals surface area contributed by atoms with Crippen molar-refractivity contribution in [3.63, 3.8) is 0 Å². The van der Waals surface area contributed by atoms with Gasteiger partial charge in [-0.15, -0.1) is 16.4 Å². The fourth-order valence-corrected chi connectivity index (χ4v) is 5.79. The second-order valence-corrected chi connectivity index (χ2v) is 10.2. The molecule has 0 aliphatic rings. The number of tetrazole rings is 1. The van der Waals surface area contributed by atoms with Crippen LogP contribution >= 0.6 is 34.5 Å². The summed E-state index contributed by atoms with van der Waals surface area (Å²) in [6.07, 6.45) is 3.54. The molecule has 7 nitrogen and oxygen atoms in total. The topological polar surface area (TPSA) is 86.9 Å². The number of pyridine rings is 1. The third-order valence-corrected chi connectivity index (χ3v) is 7.66. The number of hydrogen-bond acceptors (Lipinski definition) is 6. The van der Waals surface area contributed by atoms with Gasteiger partial charge in [0.25, 0.3) is 0 Å². The van der Waals surface area contributed by atoms with Crippen molar-refractivity contribution in [3.8, 4) is 11.1 Å². The van der Waals surface area contributed by atoms with E-state index in [1.165, 1.54) is 11.3 Å². The van der Waals surface area contributed by atoms with Crippen LogP contribution < -0.4 is 5.73 Å². The third-order valence-electron chi connectivity index (χ3n) is 6.06. The van der Waals surface area contributed by atoms with E-state index in [4.69, 9.17) is 28.9 Å². The molecule has 0 saturated heterocycles. The van der Waals surface area contributed by atoms with E-state index in [0.717, 1.165) is 38.2 Å². The molecule has 34 heavy (non-hydrogen) atoms. The molecule has 4 aromatic heterocycles. The molecule has 0 spiro atoms. The molecular formula is C24H17Cl2N7S. The Morgan fingerprint density at radius 2 is 1.91 bits per heavy atom. The summed E-state index contributed by atoms with van der Waals surface area (Å²) < 4.78 is 4.32. The van der Waals surface area contributed by atoms with E-state index in [1.807, 2.05) is 66.2 Å². The van der Waals surface area contributed by atoms with Crippen LogP contribution in [0.15, 0.2) is 73.2 Å². The number of aromatic nitrogens is 6. The summed E-state index contributed by atoms with van der Waals surface area (Å²) in [5, 5.41) is 13.8. The second kappa shape index (κ2) is 7.89. The number of hydrogen-bond donors (Lipinski definition) is 1. The zero-order valence-electron chi connectivity index (χ0n) is 17.9. The average Bonchev–Trinajstić information content (AvgIpc) is 3.59. The predicted octanol–water partition coefficient (Wildman–Crippen LogP) is 5.30. The average molecular weight is 506 g/mol. The quantitative estimate of drug-likeness (QED) is 0.351. The van der Waals surface area contributed by atoms with Crippen LogP contribution in [0.1, 0.15) is 16.1 Å². The molecule has 4 heterocycles. The number of halogens is 2. The van der Waals surface area contributed by atoms with Gasteiger partial charge in [-0.25, -0.2) is 4.98 Å². The zero-order valence-corrected chi connectivity index (χ0v) is 20.2. The molecule has 2 N–H and O–H groups in total. The first-order valence-electron chi connectivity index (χ1n) is 10.4. The number of fused-ring (bicyclic) bond motifs is 3. The highest BCUT2D eigenvalue weighted by atomic mass is 35.5. The maximum Gasteiger partial charge on any atom is 0.180 e. The van der Waals surface area contributed by atoms with Gasteiger partial charge in [0.2, 0.25) is 0 Å². The van der Waals surface area contributed by atoms with Crippen molar-refractivity contribution in [3.05, 3.63) is 98.7 Å². The minimum atomic E-state index is -0.974. The Labute approximate surface area is 208 Å². The van der Waals surface area contributed by atoms with Crippen LogP contribution in [0.25, 0.3) is 27.7 Å². The lowest BCUT2D eigenvalue weighted by Gasteiger charge is -2.30. The molecule has 6 rings (SSSR count). The van der Waals surface area contributed by atoms with Gasteiger partial charge in [0.1, 0.15) is 5.54 Å². The standard InChI is InChI=1S/C24H17Cl2N7S/c1-32-13-28-12-20(32)24(27,21-7-8-22(26)34-21)15-5-6-19-18(10-15)17(11-23-29-30-31-33(19)23)14-3-2-4-16(25)9-14/h2-13H,27H2,1H3. The van der Waals surface area contributed by atoms with Crippen molar-refractivity contribution in [1.29, 1.82) is 0 Å². The van der Waals surface area contributed by atoms with Crippen LogP contribution in [0.5, 0.6) is 0 Å². The number of nitrogens with two attached hydrogens (primary N) is 1. The minimum absolute atomic E-state index is 0.644. The second-order valence-electron chi connectivity index (χ2n) is 8.05. The third kappa shape index (κ3) is 3.22. The zero-order chi connectivity index (χ0) is 23.4. The fraction of sp³-hybridized carbons (Fsp3) is 0.0833. The summed E-state index contributed by atoms with van der Waals surface area (Å²) in [6.45, 7) is 0. The van der Waals surface area contributed by atoms with Crippen molar-refractivity contribution in [2.45, 2.75) is 5.54 Å². The Balaban J connectivity index is 1.69. The Morgan fingerprint density at radius 3 is 2.65 bits per heavy atom. The van der Waals surface area contributed by atoms with Gasteiger partial charge < -0.3 is 10.3 Å². The first-order valence-corrected chi connectivity index (χ1v) is 11.9. The molecular weight excluding hydrogens is 489 g/mol. The molecule has 0 saturated carbocycles. The lowest BCUT2D eigenvalue weighted by molar-refractivity contribution is 0.607. The van der Waals surface area contributed by atoms with E-state index in [2.05, 4.69) is 26.6 Å². The lowest BCUT2D eigenvalue weighted by Crippen LogP contribution is -2.40. The number of nitrogens with zero attached hydrogens (tertiary/aromatic N) is 6. The Hall–Kier alpha value is -3.30. The number of rotatable bonds is 4. The van der Waals surface area contributed by atoms with E-state index < -0.39 is 5.54 Å². The smallest absolute Gasteiger partial charge is 0.180 e. The normalized spacial score (nSPS) is 13.5. The van der Waals surface area contributed by atoms with Gasteiger partial charge in [0.15, 0.2) is 5.65 Å². The molecule has 2 aromatic carbocycles. The van der Waals surface area contributed by atoms with Crippen LogP contribution in [0.3, 0.4) is 0 Å². The van der Waals surface area contributed by atoms with E-state index in [-0.39, 0.29) is 0 Å². The minimum Gasteiger partial charge on any atom is -0.335 e. The number of imidazole rings is 1. The summed E-state index contributed by atoms with van der Waals surface area (Å²) in [7, 11) is 1.93. The maximum absolute atomic E-state index is 7.24. The highest BCUT2D eigenvalue weighted by molar-refractivity contribution is 7.16. The monoisotopic (exact) mass is 505 g/mol. The largest absolute Gasteiger partial charge is 0.335 e. The fourth-order valence-electron chi connectivity index (χ4n) is 4.42. The molecule has 0 aliphatic carbocycles. The van der Waals surface area contributed by atoms with Crippen LogP contribution in [-0.4, -0.2) is 29.6 Å². The number of thiophene rings is 1. The molecule has 168 valence electrons. The molecule has 6 aromatic rings.